The zero-order valence-corrected chi connectivity index (χ0v) is 18.6. The monoisotopic (exact) mass is 417 g/mol. The fraction of sp³-hybridized carbons (Fsp3) is 0.133. The highest BCUT2D eigenvalue weighted by Crippen LogP contribution is 2.31. The molecule has 2 nitrogen and oxygen atoms in total. The Morgan fingerprint density at radius 3 is 2.62 bits per heavy atom. The summed E-state index contributed by atoms with van der Waals surface area (Å²) in [7, 11) is 0. The summed E-state index contributed by atoms with van der Waals surface area (Å²) in [5, 5.41) is 3.70. The van der Waals surface area contributed by atoms with Crippen LogP contribution in [0.15, 0.2) is 89.9 Å². The number of H-pyrrole nitrogens is 1. The molecule has 1 N–H and O–H groups in total. The molecular weight excluding hydrogens is 390 g/mol. The first-order valence-corrected chi connectivity index (χ1v) is 11.1. The molecular formula is C30H27NO. The van der Waals surface area contributed by atoms with E-state index in [-0.39, 0.29) is 5.92 Å². The average molecular weight is 418 g/mol. The minimum absolute atomic E-state index is 0.266. The van der Waals surface area contributed by atoms with Crippen molar-refractivity contribution in [2.24, 2.45) is 0 Å². The lowest BCUT2D eigenvalue weighted by molar-refractivity contribution is 0.577. The van der Waals surface area contributed by atoms with Gasteiger partial charge in [0.1, 0.15) is 11.3 Å². The number of allylic oxidation sites excluding steroid dienone is 3. The summed E-state index contributed by atoms with van der Waals surface area (Å²) < 4.78 is 5.89. The van der Waals surface area contributed by atoms with E-state index in [1.165, 1.54) is 32.9 Å². The fourth-order valence-electron chi connectivity index (χ4n) is 4.55. The number of aryl methyl sites for hydroxylation is 1. The van der Waals surface area contributed by atoms with Crippen LogP contribution in [-0.2, 0) is 0 Å². The summed E-state index contributed by atoms with van der Waals surface area (Å²) in [6, 6.07) is 21.5. The normalized spacial score (nSPS) is 13.2. The van der Waals surface area contributed by atoms with E-state index >= 15 is 0 Å². The molecule has 0 saturated heterocycles. The van der Waals surface area contributed by atoms with Crippen LogP contribution in [0.5, 0.6) is 0 Å². The van der Waals surface area contributed by atoms with Gasteiger partial charge < -0.3 is 9.40 Å². The maximum atomic E-state index is 5.89. The van der Waals surface area contributed by atoms with E-state index in [0.29, 0.717) is 0 Å². The molecule has 0 aliphatic carbocycles. The molecule has 2 heteroatoms. The van der Waals surface area contributed by atoms with E-state index in [1.54, 1.807) is 0 Å². The maximum Gasteiger partial charge on any atom is 0.134 e. The molecule has 0 aliphatic heterocycles. The summed E-state index contributed by atoms with van der Waals surface area (Å²) in [5.74, 6) is 1.22. The SMILES string of the molecule is C=CC(CC=Cc1ccc2oc(C)c(C=CC)c2c1)c1ccc2[nH]c3ccccc3c2c1. The lowest BCUT2D eigenvalue weighted by atomic mass is 9.94. The Morgan fingerprint density at radius 2 is 1.78 bits per heavy atom. The molecule has 158 valence electrons. The number of aromatic nitrogens is 1. The van der Waals surface area contributed by atoms with E-state index in [9.17, 15) is 0 Å². The first kappa shape index (κ1) is 20.1. The highest BCUT2D eigenvalue weighted by Gasteiger charge is 2.11. The first-order chi connectivity index (χ1) is 15.7. The molecule has 5 aromatic rings. The van der Waals surface area contributed by atoms with Crippen LogP contribution in [0.4, 0.5) is 0 Å². The quantitative estimate of drug-likeness (QED) is 0.275. The van der Waals surface area contributed by atoms with Crippen LogP contribution in [0.3, 0.4) is 0 Å². The van der Waals surface area contributed by atoms with Crippen LogP contribution in [0.2, 0.25) is 0 Å². The minimum Gasteiger partial charge on any atom is -0.461 e. The van der Waals surface area contributed by atoms with Crippen molar-refractivity contribution in [1.82, 2.24) is 4.98 Å². The Morgan fingerprint density at radius 1 is 0.938 bits per heavy atom. The molecule has 0 aliphatic rings. The molecule has 32 heavy (non-hydrogen) atoms. The highest BCUT2D eigenvalue weighted by atomic mass is 16.3. The average Bonchev–Trinajstić information content (AvgIpc) is 3.33. The molecule has 0 spiro atoms. The Bertz CT molecular complexity index is 1490. The van der Waals surface area contributed by atoms with Gasteiger partial charge >= 0.3 is 0 Å². The van der Waals surface area contributed by atoms with Gasteiger partial charge in [0.2, 0.25) is 0 Å². The van der Waals surface area contributed by atoms with Crippen LogP contribution in [0, 0.1) is 6.92 Å². The lowest BCUT2D eigenvalue weighted by Gasteiger charge is -2.11. The smallest absolute Gasteiger partial charge is 0.134 e. The second-order valence-electron chi connectivity index (χ2n) is 8.28. The Labute approximate surface area is 188 Å². The van der Waals surface area contributed by atoms with E-state index in [4.69, 9.17) is 4.42 Å². The number of nitrogens with one attached hydrogen (secondary N) is 1. The van der Waals surface area contributed by atoms with Crippen LogP contribution in [0.25, 0.3) is 44.9 Å². The third-order valence-electron chi connectivity index (χ3n) is 6.21. The van der Waals surface area contributed by atoms with Crippen LogP contribution < -0.4 is 0 Å². The van der Waals surface area contributed by atoms with Crippen LogP contribution in [-0.4, -0.2) is 4.98 Å². The van der Waals surface area contributed by atoms with Gasteiger partial charge in [-0.2, -0.15) is 0 Å². The van der Waals surface area contributed by atoms with E-state index in [1.807, 2.05) is 19.9 Å². The zero-order valence-electron chi connectivity index (χ0n) is 18.6. The molecule has 0 fully saturated rings. The van der Waals surface area contributed by atoms with E-state index < -0.39 is 0 Å². The molecule has 2 heterocycles. The molecule has 1 unspecified atom stereocenters. The predicted molar refractivity (Wildman–Crippen MR) is 138 cm³/mol. The standard InChI is InChI=1S/C30H27NO/c1-4-9-24-20(3)32-30-17-14-21(18-27(24)30)10-8-11-22(5-2)23-15-16-29-26(19-23)25-12-6-7-13-28(25)31-29/h4-10,12-19,22,31H,2,11H2,1,3H3. The molecule has 0 amide bonds. The molecule has 0 radical (unpaired) electrons. The number of fused-ring (bicyclic) bond motifs is 4. The van der Waals surface area contributed by atoms with Crippen molar-refractivity contribution in [3.8, 4) is 0 Å². The van der Waals surface area contributed by atoms with Gasteiger partial charge in [-0.3, -0.25) is 0 Å². The highest BCUT2D eigenvalue weighted by molar-refractivity contribution is 6.07. The third kappa shape index (κ3) is 3.58. The van der Waals surface area contributed by atoms with Crippen molar-refractivity contribution in [2.45, 2.75) is 26.2 Å². The number of furan rings is 1. The van der Waals surface area contributed by atoms with E-state index in [0.717, 1.165) is 28.7 Å². The second kappa shape index (κ2) is 8.39. The zero-order chi connectivity index (χ0) is 22.1. The fourth-order valence-corrected chi connectivity index (χ4v) is 4.55. The number of para-hydroxylation sites is 1. The Kier molecular flexibility index (Phi) is 5.28. The Balaban J connectivity index is 1.41. The summed E-state index contributed by atoms with van der Waals surface area (Å²) in [4.78, 5) is 3.50. The van der Waals surface area contributed by atoms with Crippen molar-refractivity contribution in [1.29, 1.82) is 0 Å². The number of hydrogen-bond donors (Lipinski definition) is 1. The van der Waals surface area contributed by atoms with Crippen molar-refractivity contribution >= 4 is 44.9 Å². The number of rotatable bonds is 6. The predicted octanol–water partition coefficient (Wildman–Crippen LogP) is 8.78. The van der Waals surface area contributed by atoms with Crippen molar-refractivity contribution in [3.05, 3.63) is 108 Å². The number of aromatic amines is 1. The van der Waals surface area contributed by atoms with Gasteiger partial charge in [0.15, 0.2) is 0 Å². The summed E-state index contributed by atoms with van der Waals surface area (Å²) >= 11 is 0. The molecule has 5 rings (SSSR count). The van der Waals surface area contributed by atoms with Gasteiger partial charge in [0.05, 0.1) is 0 Å². The van der Waals surface area contributed by atoms with Crippen molar-refractivity contribution in [3.63, 3.8) is 0 Å². The van der Waals surface area contributed by atoms with Crippen LogP contribution in [0.1, 0.15) is 41.7 Å². The maximum absolute atomic E-state index is 5.89. The van der Waals surface area contributed by atoms with Gasteiger partial charge in [-0.15, -0.1) is 6.58 Å². The molecule has 1 atom stereocenters. The number of benzene rings is 3. The number of hydrogen-bond acceptors (Lipinski definition) is 1. The largest absolute Gasteiger partial charge is 0.461 e. The van der Waals surface area contributed by atoms with Gasteiger partial charge in [-0.25, -0.2) is 0 Å². The summed E-state index contributed by atoms with van der Waals surface area (Å²) in [5.41, 5.74) is 6.92. The third-order valence-corrected chi connectivity index (χ3v) is 6.21. The minimum atomic E-state index is 0.266. The van der Waals surface area contributed by atoms with Gasteiger partial charge in [-0.1, -0.05) is 60.7 Å². The Hall–Kier alpha value is -3.78. The van der Waals surface area contributed by atoms with E-state index in [2.05, 4.69) is 96.5 Å². The summed E-state index contributed by atoms with van der Waals surface area (Å²) in [6.45, 7) is 8.16. The lowest BCUT2D eigenvalue weighted by Crippen LogP contribution is -1.93. The second-order valence-corrected chi connectivity index (χ2v) is 8.28. The van der Waals surface area contributed by atoms with Gasteiger partial charge in [0.25, 0.3) is 0 Å². The summed E-state index contributed by atoms with van der Waals surface area (Å²) in [6.07, 6.45) is 11.6. The van der Waals surface area contributed by atoms with Gasteiger partial charge in [0, 0.05) is 38.7 Å². The van der Waals surface area contributed by atoms with Crippen molar-refractivity contribution in [2.75, 3.05) is 0 Å². The molecule has 0 bridgehead atoms. The topological polar surface area (TPSA) is 28.9 Å². The van der Waals surface area contributed by atoms with Crippen LogP contribution >= 0.6 is 0 Å². The molecule has 2 aromatic heterocycles. The first-order valence-electron chi connectivity index (χ1n) is 11.1. The molecule has 3 aromatic carbocycles. The van der Waals surface area contributed by atoms with Crippen molar-refractivity contribution < 1.29 is 4.42 Å². The van der Waals surface area contributed by atoms with Gasteiger partial charge in [-0.05, 0) is 61.7 Å². The molecule has 0 saturated carbocycles.